The lowest BCUT2D eigenvalue weighted by Crippen LogP contribution is -2.28. The predicted octanol–water partition coefficient (Wildman–Crippen LogP) is 4.05. The zero-order chi connectivity index (χ0) is 18.6. The summed E-state index contributed by atoms with van der Waals surface area (Å²) in [5.74, 6) is -0.540. The van der Waals surface area contributed by atoms with Crippen LogP contribution >= 0.6 is 28.1 Å². The van der Waals surface area contributed by atoms with Crippen molar-refractivity contribution in [2.24, 2.45) is 5.73 Å². The summed E-state index contributed by atoms with van der Waals surface area (Å²) in [6.07, 6.45) is -4.41. The molecule has 2 rings (SSSR count). The first-order valence-corrected chi connectivity index (χ1v) is 8.17. The fraction of sp³-hybridized carbons (Fsp3) is 0.125. The molecular formula is C16H13BrF3N3OS. The molecule has 0 heterocycles. The summed E-state index contributed by atoms with van der Waals surface area (Å²) < 4.78 is 38.8. The van der Waals surface area contributed by atoms with Crippen molar-refractivity contribution in [2.45, 2.75) is 12.7 Å². The van der Waals surface area contributed by atoms with Crippen molar-refractivity contribution in [3.63, 3.8) is 0 Å². The molecule has 2 aromatic carbocycles. The highest BCUT2D eigenvalue weighted by molar-refractivity contribution is 9.10. The Kier molecular flexibility index (Phi) is 6.02. The molecule has 0 spiro atoms. The van der Waals surface area contributed by atoms with Crippen molar-refractivity contribution >= 4 is 44.9 Å². The Hall–Kier alpha value is -2.13. The quantitative estimate of drug-likeness (QED) is 0.638. The number of anilines is 1. The highest BCUT2D eigenvalue weighted by Crippen LogP contribution is 2.31. The number of primary amides is 1. The van der Waals surface area contributed by atoms with Gasteiger partial charge in [0, 0.05) is 22.3 Å². The number of rotatable bonds is 4. The molecular weight excluding hydrogens is 419 g/mol. The molecule has 4 N–H and O–H groups in total. The van der Waals surface area contributed by atoms with Crippen LogP contribution < -0.4 is 16.4 Å². The predicted molar refractivity (Wildman–Crippen MR) is 97.2 cm³/mol. The number of nitrogens with one attached hydrogen (secondary N) is 2. The molecule has 0 aromatic heterocycles. The molecule has 4 nitrogen and oxygen atoms in total. The Morgan fingerprint density at radius 1 is 1.16 bits per heavy atom. The maximum absolute atomic E-state index is 12.8. The minimum atomic E-state index is -4.41. The van der Waals surface area contributed by atoms with Crippen LogP contribution in [-0.4, -0.2) is 11.0 Å². The summed E-state index contributed by atoms with van der Waals surface area (Å²) in [5.41, 5.74) is 5.82. The number of thiocarbonyl (C=S) groups is 1. The molecule has 0 aliphatic rings. The third-order valence-corrected chi connectivity index (χ3v) is 4.26. The Balaban J connectivity index is 1.99. The van der Waals surface area contributed by atoms with E-state index >= 15 is 0 Å². The maximum Gasteiger partial charge on any atom is 0.416 e. The fourth-order valence-electron chi connectivity index (χ4n) is 1.96. The lowest BCUT2D eigenvalue weighted by atomic mass is 10.1. The van der Waals surface area contributed by atoms with Crippen LogP contribution in [0.25, 0.3) is 0 Å². The molecule has 0 atom stereocenters. The van der Waals surface area contributed by atoms with Crippen LogP contribution in [0.2, 0.25) is 0 Å². The van der Waals surface area contributed by atoms with Gasteiger partial charge in [0.15, 0.2) is 5.11 Å². The lowest BCUT2D eigenvalue weighted by Gasteiger charge is -2.14. The van der Waals surface area contributed by atoms with Gasteiger partial charge >= 0.3 is 6.18 Å². The second-order valence-electron chi connectivity index (χ2n) is 5.05. The summed E-state index contributed by atoms with van der Waals surface area (Å²) >= 11 is 8.34. The molecule has 0 radical (unpaired) electrons. The summed E-state index contributed by atoms with van der Waals surface area (Å²) in [6.45, 7) is 0.107. The first kappa shape index (κ1) is 19.2. The standard InChI is InChI=1S/C16H13BrF3N3OS/c17-13-6-3-11(16(18,19)20)7-10(13)8-22-15(25)23-12-4-1-9(2-5-12)14(21)24/h1-7H,8H2,(H2,21,24)(H2,22,23,25). The zero-order valence-electron chi connectivity index (χ0n) is 12.7. The minimum Gasteiger partial charge on any atom is -0.366 e. The summed E-state index contributed by atoms with van der Waals surface area (Å²) in [4.78, 5) is 11.0. The van der Waals surface area contributed by atoms with Crippen LogP contribution in [0.15, 0.2) is 46.9 Å². The van der Waals surface area contributed by atoms with E-state index in [9.17, 15) is 18.0 Å². The molecule has 1 amide bonds. The van der Waals surface area contributed by atoms with E-state index in [1.54, 1.807) is 12.1 Å². The van der Waals surface area contributed by atoms with Crippen LogP contribution in [-0.2, 0) is 12.7 Å². The number of carbonyl (C=O) groups excluding carboxylic acids is 1. The zero-order valence-corrected chi connectivity index (χ0v) is 15.1. The van der Waals surface area contributed by atoms with Crippen LogP contribution in [0.4, 0.5) is 18.9 Å². The highest BCUT2D eigenvalue weighted by atomic mass is 79.9. The van der Waals surface area contributed by atoms with Crippen LogP contribution in [0.1, 0.15) is 21.5 Å². The van der Waals surface area contributed by atoms with Crippen molar-refractivity contribution in [3.05, 3.63) is 63.6 Å². The summed E-state index contributed by atoms with van der Waals surface area (Å²) in [7, 11) is 0. The molecule has 0 fully saturated rings. The van der Waals surface area contributed by atoms with E-state index in [4.69, 9.17) is 18.0 Å². The van der Waals surface area contributed by atoms with E-state index in [1.165, 1.54) is 18.2 Å². The number of hydrogen-bond donors (Lipinski definition) is 3. The van der Waals surface area contributed by atoms with Crippen LogP contribution in [0, 0.1) is 0 Å². The van der Waals surface area contributed by atoms with E-state index in [1.807, 2.05) is 0 Å². The van der Waals surface area contributed by atoms with E-state index in [0.29, 0.717) is 21.3 Å². The van der Waals surface area contributed by atoms with Gasteiger partial charge < -0.3 is 16.4 Å². The van der Waals surface area contributed by atoms with Gasteiger partial charge in [-0.1, -0.05) is 15.9 Å². The molecule has 0 unspecified atom stereocenters. The molecule has 0 aliphatic carbocycles. The number of nitrogens with two attached hydrogens (primary N) is 1. The molecule has 0 bridgehead atoms. The topological polar surface area (TPSA) is 67.2 Å². The molecule has 132 valence electrons. The number of halogens is 4. The Bertz CT molecular complexity index is 794. The Morgan fingerprint density at radius 3 is 2.36 bits per heavy atom. The van der Waals surface area contributed by atoms with Gasteiger partial charge in [-0.3, -0.25) is 4.79 Å². The third kappa shape index (κ3) is 5.43. The molecule has 2 aromatic rings. The van der Waals surface area contributed by atoms with E-state index in [-0.39, 0.29) is 11.7 Å². The van der Waals surface area contributed by atoms with Gasteiger partial charge in [-0.25, -0.2) is 0 Å². The van der Waals surface area contributed by atoms with Crippen LogP contribution in [0.3, 0.4) is 0 Å². The number of amides is 1. The average molecular weight is 432 g/mol. The first-order valence-electron chi connectivity index (χ1n) is 6.97. The molecule has 0 saturated carbocycles. The second kappa shape index (κ2) is 7.83. The van der Waals surface area contributed by atoms with E-state index in [2.05, 4.69) is 26.6 Å². The Labute approximate surface area is 155 Å². The van der Waals surface area contributed by atoms with Gasteiger partial charge in [-0.2, -0.15) is 13.2 Å². The molecule has 0 aliphatic heterocycles. The fourth-order valence-corrected chi connectivity index (χ4v) is 2.53. The highest BCUT2D eigenvalue weighted by Gasteiger charge is 2.30. The van der Waals surface area contributed by atoms with Crippen molar-refractivity contribution in [3.8, 4) is 0 Å². The monoisotopic (exact) mass is 431 g/mol. The van der Waals surface area contributed by atoms with Crippen molar-refractivity contribution < 1.29 is 18.0 Å². The summed E-state index contributed by atoms with van der Waals surface area (Å²) in [5, 5.41) is 5.94. The molecule has 0 saturated heterocycles. The third-order valence-electron chi connectivity index (χ3n) is 3.24. The van der Waals surface area contributed by atoms with Gasteiger partial charge in [0.2, 0.25) is 5.91 Å². The molecule has 25 heavy (non-hydrogen) atoms. The van der Waals surface area contributed by atoms with Crippen LogP contribution in [0.5, 0.6) is 0 Å². The maximum atomic E-state index is 12.8. The summed E-state index contributed by atoms with van der Waals surface area (Å²) in [6, 6.07) is 9.72. The SMILES string of the molecule is NC(=O)c1ccc(NC(=S)NCc2cc(C(F)(F)F)ccc2Br)cc1. The van der Waals surface area contributed by atoms with Gasteiger partial charge in [-0.05, 0) is 60.2 Å². The van der Waals surface area contributed by atoms with E-state index < -0.39 is 17.6 Å². The number of alkyl halides is 3. The van der Waals surface area contributed by atoms with Gasteiger partial charge in [0.1, 0.15) is 0 Å². The van der Waals surface area contributed by atoms with Crippen molar-refractivity contribution in [2.75, 3.05) is 5.32 Å². The lowest BCUT2D eigenvalue weighted by molar-refractivity contribution is -0.137. The smallest absolute Gasteiger partial charge is 0.366 e. The largest absolute Gasteiger partial charge is 0.416 e. The number of hydrogen-bond acceptors (Lipinski definition) is 2. The second-order valence-corrected chi connectivity index (χ2v) is 6.32. The van der Waals surface area contributed by atoms with Crippen molar-refractivity contribution in [1.29, 1.82) is 0 Å². The molecule has 9 heteroatoms. The minimum absolute atomic E-state index is 0.107. The first-order chi connectivity index (χ1) is 11.7. The number of carbonyl (C=O) groups is 1. The van der Waals surface area contributed by atoms with Gasteiger partial charge in [0.05, 0.1) is 5.56 Å². The Morgan fingerprint density at radius 2 is 1.80 bits per heavy atom. The van der Waals surface area contributed by atoms with E-state index in [0.717, 1.165) is 12.1 Å². The van der Waals surface area contributed by atoms with Gasteiger partial charge in [-0.15, -0.1) is 0 Å². The average Bonchev–Trinajstić information content (AvgIpc) is 2.53. The van der Waals surface area contributed by atoms with Gasteiger partial charge in [0.25, 0.3) is 0 Å². The van der Waals surface area contributed by atoms with Crippen molar-refractivity contribution in [1.82, 2.24) is 5.32 Å². The normalized spacial score (nSPS) is 11.0. The number of benzene rings is 2.